The van der Waals surface area contributed by atoms with Gasteiger partial charge in [-0.3, -0.25) is 14.5 Å². The Balaban J connectivity index is 2.25. The van der Waals surface area contributed by atoms with E-state index in [-0.39, 0.29) is 5.91 Å². The molecule has 0 saturated heterocycles. The molecule has 0 atom stereocenters. The van der Waals surface area contributed by atoms with Crippen molar-refractivity contribution in [2.75, 3.05) is 11.5 Å². The molecule has 1 aliphatic heterocycles. The number of para-hydroxylation sites is 1. The average molecular weight is 362 g/mol. The number of halogens is 2. The second kappa shape index (κ2) is 6.67. The molecule has 0 unspecified atom stereocenters. The number of hydrogen-bond acceptors (Lipinski definition) is 3. The fourth-order valence-electron chi connectivity index (χ4n) is 2.58. The highest BCUT2D eigenvalue weighted by molar-refractivity contribution is 6.43. The summed E-state index contributed by atoms with van der Waals surface area (Å²) in [5.41, 5.74) is 2.43. The van der Waals surface area contributed by atoms with Gasteiger partial charge in [-0.05, 0) is 25.1 Å². The van der Waals surface area contributed by atoms with Crippen molar-refractivity contribution in [2.45, 2.75) is 6.92 Å². The van der Waals surface area contributed by atoms with E-state index in [2.05, 4.69) is 0 Å². The molecule has 24 heavy (non-hydrogen) atoms. The summed E-state index contributed by atoms with van der Waals surface area (Å²) in [6, 6.07) is 10.0. The average Bonchev–Trinajstić information content (AvgIpc) is 2.84. The number of fused-ring (bicyclic) bond motifs is 1. The number of carbonyl (C=O) groups excluding carboxylic acids is 2. The van der Waals surface area contributed by atoms with Crippen LogP contribution in [-0.4, -0.2) is 18.8 Å². The van der Waals surface area contributed by atoms with Gasteiger partial charge in [-0.1, -0.05) is 41.4 Å². The number of aldehydes is 1. The van der Waals surface area contributed by atoms with Crippen LogP contribution in [0.1, 0.15) is 22.8 Å². The number of ether oxygens (including phenoxy) is 1. The maximum atomic E-state index is 12.9. The van der Waals surface area contributed by atoms with E-state index in [9.17, 15) is 9.59 Å². The summed E-state index contributed by atoms with van der Waals surface area (Å²) >= 11 is 12.5. The molecule has 0 N–H and O–H groups in total. The number of hydrogen-bond donors (Lipinski definition) is 0. The zero-order chi connectivity index (χ0) is 17.3. The van der Waals surface area contributed by atoms with Crippen molar-refractivity contribution in [1.82, 2.24) is 0 Å². The van der Waals surface area contributed by atoms with Crippen LogP contribution in [0.2, 0.25) is 10.0 Å². The molecule has 3 rings (SSSR count). The number of anilines is 2. The van der Waals surface area contributed by atoms with E-state index < -0.39 is 0 Å². The minimum atomic E-state index is -0.309. The Hall–Kier alpha value is -2.30. The van der Waals surface area contributed by atoms with Gasteiger partial charge in [0.2, 0.25) is 0 Å². The van der Waals surface area contributed by atoms with E-state index in [0.717, 1.165) is 6.29 Å². The van der Waals surface area contributed by atoms with Crippen molar-refractivity contribution in [2.24, 2.45) is 0 Å². The largest absolute Gasteiger partial charge is 0.501 e. The van der Waals surface area contributed by atoms with Gasteiger partial charge in [0.25, 0.3) is 5.91 Å². The van der Waals surface area contributed by atoms with Crippen LogP contribution in [0.3, 0.4) is 0 Å². The van der Waals surface area contributed by atoms with Gasteiger partial charge in [0.1, 0.15) is 6.29 Å². The van der Waals surface area contributed by atoms with Gasteiger partial charge in [-0.15, -0.1) is 0 Å². The first-order valence-electron chi connectivity index (χ1n) is 7.28. The first-order valence-corrected chi connectivity index (χ1v) is 8.04. The van der Waals surface area contributed by atoms with Crippen molar-refractivity contribution in [1.29, 1.82) is 0 Å². The van der Waals surface area contributed by atoms with Gasteiger partial charge in [-0.2, -0.15) is 0 Å². The van der Waals surface area contributed by atoms with Gasteiger partial charge in [0, 0.05) is 11.1 Å². The topological polar surface area (TPSA) is 46.6 Å². The molecule has 6 heteroatoms. The molecule has 1 aliphatic rings. The predicted molar refractivity (Wildman–Crippen MR) is 95.0 cm³/mol. The fraction of sp³-hybridized carbons (Fsp3) is 0.111. The van der Waals surface area contributed by atoms with Crippen LogP contribution in [0.4, 0.5) is 11.4 Å². The zero-order valence-corrected chi connectivity index (χ0v) is 14.3. The lowest BCUT2D eigenvalue weighted by Crippen LogP contribution is -2.21. The highest BCUT2D eigenvalue weighted by Gasteiger charge is 2.36. The van der Waals surface area contributed by atoms with Crippen molar-refractivity contribution in [3.63, 3.8) is 0 Å². The Kier molecular flexibility index (Phi) is 4.60. The lowest BCUT2D eigenvalue weighted by atomic mass is 10.1. The second-order valence-corrected chi connectivity index (χ2v) is 5.91. The summed E-state index contributed by atoms with van der Waals surface area (Å²) in [7, 11) is 0. The maximum absolute atomic E-state index is 12.9. The van der Waals surface area contributed by atoms with Crippen molar-refractivity contribution < 1.29 is 14.3 Å². The monoisotopic (exact) mass is 361 g/mol. The number of rotatable bonds is 4. The Morgan fingerprint density at radius 1 is 1.17 bits per heavy atom. The summed E-state index contributed by atoms with van der Waals surface area (Å²) in [6.45, 7) is 2.26. The zero-order valence-electron chi connectivity index (χ0n) is 12.8. The molecule has 0 bridgehead atoms. The van der Waals surface area contributed by atoms with Crippen LogP contribution >= 0.6 is 23.2 Å². The van der Waals surface area contributed by atoms with E-state index >= 15 is 0 Å². The molecule has 4 nitrogen and oxygen atoms in total. The third-order valence-corrected chi connectivity index (χ3v) is 4.26. The molecule has 0 saturated carbocycles. The third kappa shape index (κ3) is 2.68. The Morgan fingerprint density at radius 3 is 2.50 bits per heavy atom. The van der Waals surface area contributed by atoms with Crippen LogP contribution in [-0.2, 0) is 9.53 Å². The highest BCUT2D eigenvalue weighted by atomic mass is 35.5. The third-order valence-electron chi connectivity index (χ3n) is 3.65. The smallest absolute Gasteiger partial charge is 0.266 e. The summed E-state index contributed by atoms with van der Waals surface area (Å²) < 4.78 is 5.30. The van der Waals surface area contributed by atoms with Crippen molar-refractivity contribution in [3.8, 4) is 0 Å². The predicted octanol–water partition coefficient (Wildman–Crippen LogP) is 4.86. The number of nitrogens with zero attached hydrogens (tertiary/aromatic N) is 1. The van der Waals surface area contributed by atoms with E-state index in [1.54, 1.807) is 36.4 Å². The molecule has 122 valence electrons. The number of benzene rings is 2. The molecule has 0 aromatic heterocycles. The molecule has 0 radical (unpaired) electrons. The first kappa shape index (κ1) is 16.6. The van der Waals surface area contributed by atoms with Crippen molar-refractivity contribution >= 4 is 52.3 Å². The fourth-order valence-corrected chi connectivity index (χ4v) is 3.15. The molecular formula is C18H13Cl2NO3. The summed E-state index contributed by atoms with van der Waals surface area (Å²) in [4.78, 5) is 25.5. The van der Waals surface area contributed by atoms with Crippen LogP contribution in [0.15, 0.2) is 42.7 Å². The molecular weight excluding hydrogens is 349 g/mol. The number of carbonyl (C=O) groups is 2. The minimum Gasteiger partial charge on any atom is -0.501 e. The quantitative estimate of drug-likeness (QED) is 0.443. The van der Waals surface area contributed by atoms with Crippen LogP contribution in [0.25, 0.3) is 5.57 Å². The molecule has 0 spiro atoms. The van der Waals surface area contributed by atoms with E-state index in [1.807, 2.05) is 6.92 Å². The lowest BCUT2D eigenvalue weighted by molar-refractivity contribution is -0.112. The molecule has 0 fully saturated rings. The Bertz CT molecular complexity index is 841. The van der Waals surface area contributed by atoms with Gasteiger partial charge >= 0.3 is 0 Å². The molecule has 1 amide bonds. The summed E-state index contributed by atoms with van der Waals surface area (Å²) in [6.07, 6.45) is 2.15. The summed E-state index contributed by atoms with van der Waals surface area (Å²) in [5.74, 6) is -0.309. The molecule has 2 aromatic carbocycles. The maximum Gasteiger partial charge on any atom is 0.266 e. The standard InChI is InChI=1S/C18H13Cl2NO3/c1-2-24-10-13-12-7-6-11(9-22)8-16(12)21(18(13)23)17-14(19)4-3-5-15(17)20/h3-10H,2H2,1H3. The van der Waals surface area contributed by atoms with Gasteiger partial charge in [-0.25, -0.2) is 0 Å². The lowest BCUT2D eigenvalue weighted by Gasteiger charge is -2.20. The minimum absolute atomic E-state index is 0.309. The second-order valence-electron chi connectivity index (χ2n) is 5.09. The van der Waals surface area contributed by atoms with Crippen LogP contribution < -0.4 is 4.90 Å². The number of amides is 1. The van der Waals surface area contributed by atoms with Crippen molar-refractivity contribution in [3.05, 3.63) is 63.8 Å². The van der Waals surface area contributed by atoms with Crippen LogP contribution in [0, 0.1) is 0 Å². The highest BCUT2D eigenvalue weighted by Crippen LogP contribution is 2.46. The SMILES string of the molecule is CCOC=C1C(=O)N(c2c(Cl)cccc2Cl)c2cc(C=O)ccc21. The van der Waals surface area contributed by atoms with Gasteiger partial charge in [0.05, 0.1) is 39.9 Å². The first-order chi connectivity index (χ1) is 11.6. The molecule has 0 aliphatic carbocycles. The van der Waals surface area contributed by atoms with Gasteiger partial charge < -0.3 is 4.74 Å². The van der Waals surface area contributed by atoms with E-state index in [1.165, 1.54) is 11.2 Å². The molecule has 2 aromatic rings. The van der Waals surface area contributed by atoms with E-state index in [0.29, 0.717) is 44.7 Å². The summed E-state index contributed by atoms with van der Waals surface area (Å²) in [5, 5.41) is 0.687. The normalized spacial score (nSPS) is 14.9. The van der Waals surface area contributed by atoms with E-state index in [4.69, 9.17) is 27.9 Å². The molecule has 1 heterocycles. The van der Waals surface area contributed by atoms with Crippen LogP contribution in [0.5, 0.6) is 0 Å². The van der Waals surface area contributed by atoms with Gasteiger partial charge in [0.15, 0.2) is 0 Å². The Morgan fingerprint density at radius 2 is 1.88 bits per heavy atom. The Labute approximate surface area is 149 Å².